The lowest BCUT2D eigenvalue weighted by atomic mass is 10.0. The smallest absolute Gasteiger partial charge is 0.272 e. The number of methoxy groups -OCH3 is 2. The second-order valence-corrected chi connectivity index (χ2v) is 5.42. The van der Waals surface area contributed by atoms with Gasteiger partial charge in [0.05, 0.1) is 19.2 Å². The van der Waals surface area contributed by atoms with Gasteiger partial charge in [-0.15, -0.1) is 0 Å². The van der Waals surface area contributed by atoms with E-state index < -0.39 is 0 Å². The maximum absolute atomic E-state index is 12.8. The highest BCUT2D eigenvalue weighted by Crippen LogP contribution is 2.36. The van der Waals surface area contributed by atoms with Crippen molar-refractivity contribution in [3.63, 3.8) is 0 Å². The lowest BCUT2D eigenvalue weighted by molar-refractivity contribution is 0.387. The average Bonchev–Trinajstić information content (AvgIpc) is 2.88. The van der Waals surface area contributed by atoms with Crippen molar-refractivity contribution in [3.05, 3.63) is 39.3 Å². The Morgan fingerprint density at radius 1 is 1.27 bits per heavy atom. The van der Waals surface area contributed by atoms with E-state index in [9.17, 15) is 4.79 Å². The maximum Gasteiger partial charge on any atom is 0.272 e. The normalized spacial score (nSPS) is 11.3. The molecule has 0 saturated carbocycles. The van der Waals surface area contributed by atoms with Crippen LogP contribution in [0.15, 0.2) is 27.5 Å². The number of nitrogens with zero attached hydrogens (tertiary/aromatic N) is 1. The molecule has 3 rings (SSSR count). The third-order valence-corrected chi connectivity index (χ3v) is 3.84. The first-order valence-corrected chi connectivity index (χ1v) is 7.36. The van der Waals surface area contributed by atoms with Crippen LogP contribution in [0.2, 0.25) is 5.02 Å². The first-order chi connectivity index (χ1) is 10.6. The molecule has 5 nitrogen and oxygen atoms in total. The zero-order valence-corrected chi connectivity index (χ0v) is 13.4. The molecule has 6 heteroatoms. The number of hydrogen-bond acceptors (Lipinski definition) is 4. The molecule has 2 aromatic heterocycles. The summed E-state index contributed by atoms with van der Waals surface area (Å²) in [7, 11) is 3.13. The van der Waals surface area contributed by atoms with Gasteiger partial charge < -0.3 is 13.9 Å². The molecule has 0 spiro atoms. The van der Waals surface area contributed by atoms with Gasteiger partial charge in [0, 0.05) is 23.9 Å². The Morgan fingerprint density at radius 2 is 2.05 bits per heavy atom. The van der Waals surface area contributed by atoms with Gasteiger partial charge in [-0.25, -0.2) is 0 Å². The van der Waals surface area contributed by atoms with Crippen LogP contribution in [0.5, 0.6) is 11.5 Å². The number of ether oxygens (including phenoxy) is 2. The van der Waals surface area contributed by atoms with E-state index in [0.29, 0.717) is 33.2 Å². The van der Waals surface area contributed by atoms with E-state index in [0.717, 1.165) is 18.4 Å². The summed E-state index contributed by atoms with van der Waals surface area (Å²) in [5.74, 6) is 1.15. The summed E-state index contributed by atoms with van der Waals surface area (Å²) in [5, 5.41) is 0.836. The van der Waals surface area contributed by atoms with E-state index in [2.05, 4.69) is 6.92 Å². The van der Waals surface area contributed by atoms with Crippen LogP contribution < -0.4 is 15.0 Å². The molecule has 0 unspecified atom stereocenters. The Labute approximate surface area is 132 Å². The molecule has 116 valence electrons. The molecule has 0 aliphatic carbocycles. The van der Waals surface area contributed by atoms with E-state index in [1.807, 2.05) is 0 Å². The van der Waals surface area contributed by atoms with Gasteiger partial charge in [-0.1, -0.05) is 24.9 Å². The van der Waals surface area contributed by atoms with Crippen LogP contribution >= 0.6 is 11.6 Å². The minimum absolute atomic E-state index is 0.222. The fourth-order valence-electron chi connectivity index (χ4n) is 2.71. The van der Waals surface area contributed by atoms with E-state index in [-0.39, 0.29) is 5.56 Å². The summed E-state index contributed by atoms with van der Waals surface area (Å²) in [6.07, 6.45) is 3.18. The van der Waals surface area contributed by atoms with E-state index in [4.69, 9.17) is 25.5 Å². The van der Waals surface area contributed by atoms with Crippen molar-refractivity contribution in [2.45, 2.75) is 19.8 Å². The van der Waals surface area contributed by atoms with Crippen LogP contribution in [0.1, 0.15) is 18.9 Å². The van der Waals surface area contributed by atoms with Crippen molar-refractivity contribution in [2.75, 3.05) is 14.2 Å². The van der Waals surface area contributed by atoms with Gasteiger partial charge in [-0.3, -0.25) is 9.20 Å². The van der Waals surface area contributed by atoms with Crippen molar-refractivity contribution in [3.8, 4) is 11.5 Å². The third-order valence-electron chi connectivity index (χ3n) is 3.63. The van der Waals surface area contributed by atoms with Crippen LogP contribution in [-0.4, -0.2) is 18.6 Å². The molecule has 1 aromatic carbocycles. The summed E-state index contributed by atoms with van der Waals surface area (Å²) in [4.78, 5) is 12.8. The number of rotatable bonds is 4. The lowest BCUT2D eigenvalue weighted by Crippen LogP contribution is -2.13. The van der Waals surface area contributed by atoms with Gasteiger partial charge in [0.2, 0.25) is 5.71 Å². The minimum atomic E-state index is -0.222. The minimum Gasteiger partial charge on any atom is -0.496 e. The van der Waals surface area contributed by atoms with Crippen LogP contribution in [0.3, 0.4) is 0 Å². The van der Waals surface area contributed by atoms with E-state index in [1.54, 1.807) is 26.4 Å². The Kier molecular flexibility index (Phi) is 3.74. The molecule has 2 heterocycles. The standard InChI is InChI=1S/C16H16ClNO4/c1-4-5-10-11(20-2)7-12-14(15(10)21-3)16(19)18-8-9(17)6-13(18)22-12/h6-8H,4-5H2,1-3H3. The van der Waals surface area contributed by atoms with Crippen LogP contribution in [0.25, 0.3) is 16.7 Å². The first kappa shape index (κ1) is 14.8. The zero-order chi connectivity index (χ0) is 15.9. The largest absolute Gasteiger partial charge is 0.496 e. The molecular formula is C16H16ClNO4. The summed E-state index contributed by atoms with van der Waals surface area (Å²) in [6, 6.07) is 3.33. The number of aromatic nitrogens is 1. The van der Waals surface area contributed by atoms with Gasteiger partial charge in [0.25, 0.3) is 5.56 Å². The Bertz CT molecular complexity index is 910. The molecule has 0 N–H and O–H groups in total. The molecule has 0 radical (unpaired) electrons. The van der Waals surface area contributed by atoms with Gasteiger partial charge in [-0.05, 0) is 6.42 Å². The quantitative estimate of drug-likeness (QED) is 0.735. The van der Waals surface area contributed by atoms with E-state index >= 15 is 0 Å². The molecular weight excluding hydrogens is 306 g/mol. The summed E-state index contributed by atoms with van der Waals surface area (Å²) < 4.78 is 18.1. The predicted octanol–water partition coefficient (Wildman–Crippen LogP) is 3.67. The fourth-order valence-corrected chi connectivity index (χ4v) is 2.90. The number of benzene rings is 1. The van der Waals surface area contributed by atoms with Crippen molar-refractivity contribution in [1.82, 2.24) is 4.40 Å². The molecule has 3 aromatic rings. The molecule has 0 bridgehead atoms. The Morgan fingerprint density at radius 3 is 2.68 bits per heavy atom. The summed E-state index contributed by atoms with van der Waals surface area (Å²) in [6.45, 7) is 2.06. The zero-order valence-electron chi connectivity index (χ0n) is 12.6. The second kappa shape index (κ2) is 5.57. The van der Waals surface area contributed by atoms with Gasteiger partial charge in [0.1, 0.15) is 22.5 Å². The molecule has 0 aliphatic rings. The van der Waals surface area contributed by atoms with Crippen molar-refractivity contribution in [1.29, 1.82) is 0 Å². The monoisotopic (exact) mass is 321 g/mol. The highest BCUT2D eigenvalue weighted by molar-refractivity contribution is 6.30. The third kappa shape index (κ3) is 2.13. The number of hydrogen-bond donors (Lipinski definition) is 0. The number of fused-ring (bicyclic) bond motifs is 2. The molecule has 0 atom stereocenters. The van der Waals surface area contributed by atoms with Gasteiger partial charge in [-0.2, -0.15) is 0 Å². The van der Waals surface area contributed by atoms with Crippen LogP contribution in [0.4, 0.5) is 0 Å². The molecule has 0 saturated heterocycles. The SMILES string of the molecule is CCCc1c(OC)cc2oc3cc(Cl)cn3c(=O)c2c1OC. The van der Waals surface area contributed by atoms with Gasteiger partial charge in [0.15, 0.2) is 0 Å². The number of halogens is 1. The summed E-state index contributed by atoms with van der Waals surface area (Å²) >= 11 is 5.96. The van der Waals surface area contributed by atoms with E-state index in [1.165, 1.54) is 10.6 Å². The van der Waals surface area contributed by atoms with Crippen LogP contribution in [-0.2, 0) is 6.42 Å². The lowest BCUT2D eigenvalue weighted by Gasteiger charge is -2.14. The van der Waals surface area contributed by atoms with Crippen molar-refractivity contribution >= 4 is 28.3 Å². The highest BCUT2D eigenvalue weighted by Gasteiger charge is 2.20. The molecule has 0 fully saturated rings. The topological polar surface area (TPSA) is 53.1 Å². The van der Waals surface area contributed by atoms with Crippen molar-refractivity contribution < 1.29 is 13.9 Å². The predicted molar refractivity (Wildman–Crippen MR) is 85.5 cm³/mol. The first-order valence-electron chi connectivity index (χ1n) is 6.99. The maximum atomic E-state index is 12.8. The summed E-state index contributed by atoms with van der Waals surface area (Å²) in [5.41, 5.74) is 1.44. The second-order valence-electron chi connectivity index (χ2n) is 4.99. The van der Waals surface area contributed by atoms with Gasteiger partial charge >= 0.3 is 0 Å². The molecule has 0 aliphatic heterocycles. The molecule has 22 heavy (non-hydrogen) atoms. The van der Waals surface area contributed by atoms with Crippen LogP contribution in [0, 0.1) is 0 Å². The van der Waals surface area contributed by atoms with Crippen molar-refractivity contribution in [2.24, 2.45) is 0 Å². The average molecular weight is 322 g/mol. The fraction of sp³-hybridized carbons (Fsp3) is 0.312. The highest BCUT2D eigenvalue weighted by atomic mass is 35.5. The molecule has 0 amide bonds. The Balaban J connectivity index is 2.50. The Hall–Kier alpha value is -2.14.